The summed E-state index contributed by atoms with van der Waals surface area (Å²) in [4.78, 5) is 47.0. The van der Waals surface area contributed by atoms with Crippen LogP contribution in [-0.4, -0.2) is 44.3 Å². The number of hydrogen-bond donors (Lipinski definition) is 4. The van der Waals surface area contributed by atoms with Crippen LogP contribution in [-0.2, 0) is 24.7 Å². The number of carbonyl (C=O) groups is 4. The minimum atomic E-state index is -6.22. The van der Waals surface area contributed by atoms with Crippen molar-refractivity contribution >= 4 is 23.9 Å². The summed E-state index contributed by atoms with van der Waals surface area (Å²) in [7, 11) is 0. The van der Waals surface area contributed by atoms with Crippen molar-refractivity contribution in [3.05, 3.63) is 80.9 Å². The van der Waals surface area contributed by atoms with Crippen LogP contribution in [0, 0.1) is 0 Å². The minimum Gasteiger partial charge on any atom is -0.478 e. The van der Waals surface area contributed by atoms with E-state index in [2.05, 4.69) is 4.74 Å². The fourth-order valence-corrected chi connectivity index (χ4v) is 4.17. The van der Waals surface area contributed by atoms with Gasteiger partial charge < -0.3 is 29.9 Å². The minimum absolute atomic E-state index is 0.0385. The second-order valence-corrected chi connectivity index (χ2v) is 8.95. The van der Waals surface area contributed by atoms with Crippen molar-refractivity contribution in [3.63, 3.8) is 0 Å². The quantitative estimate of drug-likeness (QED) is 0.168. The molecule has 3 aromatic carbocycles. The van der Waals surface area contributed by atoms with E-state index in [4.69, 9.17) is 4.74 Å². The molecule has 258 valence electrons. The maximum atomic E-state index is 14.2. The second-order valence-electron chi connectivity index (χ2n) is 8.95. The third-order valence-electron chi connectivity index (χ3n) is 5.94. The van der Waals surface area contributed by atoms with Crippen LogP contribution in [0.1, 0.15) is 63.7 Å². The number of rotatable bonds is 8. The predicted octanol–water partition coefficient (Wildman–Crippen LogP) is 8.14. The lowest BCUT2D eigenvalue weighted by Crippen LogP contribution is -2.20. The zero-order valence-corrected chi connectivity index (χ0v) is 22.2. The lowest BCUT2D eigenvalue weighted by molar-refractivity contribution is -0.162. The third kappa shape index (κ3) is 7.15. The van der Waals surface area contributed by atoms with Crippen LogP contribution in [0.4, 0.5) is 52.7 Å². The molecule has 0 saturated carbocycles. The van der Waals surface area contributed by atoms with Crippen molar-refractivity contribution in [1.82, 2.24) is 0 Å². The first-order valence-electron chi connectivity index (χ1n) is 11.8. The van der Waals surface area contributed by atoms with E-state index in [1.54, 1.807) is 0 Å². The third-order valence-corrected chi connectivity index (χ3v) is 5.94. The van der Waals surface area contributed by atoms with E-state index in [-0.39, 0.29) is 36.4 Å². The highest BCUT2D eigenvalue weighted by Gasteiger charge is 2.48. The molecule has 0 aliphatic rings. The number of carboxylic acid groups (broad SMARTS) is 4. The fraction of sp³-hybridized carbons (Fsp3) is 0.154. The van der Waals surface area contributed by atoms with Crippen LogP contribution >= 0.6 is 0 Å². The average molecular weight is 710 g/mol. The standard InChI is InChI=1S/C26H10F12O10/c27-23(28,29)7-1-4-10(15(21(43)44)13(7)19(39)40)47-12-6-3-9(25(33,34)35)17(26(36,37)38)18(12)48-11-5-2-8(24(30,31)32)14(20(41)42)16(11)22(45)46/h1-6H,(H,39,40)(H,41,42)(H,43,44)(H,45,46). The molecule has 0 fully saturated rings. The summed E-state index contributed by atoms with van der Waals surface area (Å²) in [5, 5.41) is 37.6. The lowest BCUT2D eigenvalue weighted by atomic mass is 9.98. The number of halogens is 12. The Morgan fingerprint density at radius 2 is 0.729 bits per heavy atom. The van der Waals surface area contributed by atoms with Gasteiger partial charge in [-0.05, 0) is 36.4 Å². The van der Waals surface area contributed by atoms with Crippen molar-refractivity contribution in [2.24, 2.45) is 0 Å². The van der Waals surface area contributed by atoms with Gasteiger partial charge in [-0.15, -0.1) is 0 Å². The molecule has 22 heteroatoms. The number of aromatic carboxylic acids is 4. The zero-order chi connectivity index (χ0) is 36.9. The van der Waals surface area contributed by atoms with Gasteiger partial charge in [0, 0.05) is 0 Å². The van der Waals surface area contributed by atoms with Gasteiger partial charge in [-0.25, -0.2) is 19.2 Å². The van der Waals surface area contributed by atoms with Gasteiger partial charge in [0.25, 0.3) is 0 Å². The van der Waals surface area contributed by atoms with Gasteiger partial charge in [0.05, 0.1) is 27.8 Å². The summed E-state index contributed by atoms with van der Waals surface area (Å²) >= 11 is 0. The Bertz CT molecular complexity index is 1840. The first-order valence-corrected chi connectivity index (χ1v) is 11.8. The molecule has 0 unspecified atom stereocenters. The van der Waals surface area contributed by atoms with E-state index in [1.807, 2.05) is 0 Å². The monoisotopic (exact) mass is 710 g/mol. The molecular formula is C26H10F12O10. The van der Waals surface area contributed by atoms with Crippen molar-refractivity contribution in [1.29, 1.82) is 0 Å². The van der Waals surface area contributed by atoms with E-state index in [0.29, 0.717) is 0 Å². The summed E-state index contributed by atoms with van der Waals surface area (Å²) in [5.41, 5.74) is -18.1. The molecule has 3 aromatic rings. The highest BCUT2D eigenvalue weighted by atomic mass is 19.4. The number of ether oxygens (including phenoxy) is 2. The SMILES string of the molecule is O=C(O)c1c(Oc2ccc(C(F)(F)F)c(C(F)(F)F)c2Oc2ccc(C(F)(F)F)c(C(=O)O)c2C(=O)O)ccc(C(F)(F)F)c1C(=O)O. The molecule has 0 aromatic heterocycles. The molecule has 0 atom stereocenters. The van der Waals surface area contributed by atoms with E-state index in [0.717, 1.165) is 0 Å². The Morgan fingerprint density at radius 3 is 1.04 bits per heavy atom. The fourth-order valence-electron chi connectivity index (χ4n) is 4.17. The topological polar surface area (TPSA) is 168 Å². The Labute approximate surface area is 255 Å². The first kappa shape index (κ1) is 36.8. The molecule has 0 bridgehead atoms. The number of alkyl halides is 12. The average Bonchev–Trinajstić information content (AvgIpc) is 2.90. The summed E-state index contributed by atoms with van der Waals surface area (Å²) in [5.74, 6) is -17.8. The molecule has 0 heterocycles. The Morgan fingerprint density at radius 1 is 0.417 bits per heavy atom. The van der Waals surface area contributed by atoms with E-state index < -0.39 is 116 Å². The number of benzene rings is 3. The lowest BCUT2D eigenvalue weighted by Gasteiger charge is -2.23. The molecule has 0 saturated heterocycles. The van der Waals surface area contributed by atoms with Crippen molar-refractivity contribution in [2.75, 3.05) is 0 Å². The van der Waals surface area contributed by atoms with Crippen LogP contribution in [0.15, 0.2) is 36.4 Å². The molecule has 10 nitrogen and oxygen atoms in total. The molecule has 0 amide bonds. The van der Waals surface area contributed by atoms with Gasteiger partial charge in [0.15, 0.2) is 11.5 Å². The van der Waals surface area contributed by atoms with Crippen LogP contribution < -0.4 is 9.47 Å². The van der Waals surface area contributed by atoms with Gasteiger partial charge in [-0.1, -0.05) is 0 Å². The highest BCUT2D eigenvalue weighted by Crippen LogP contribution is 2.52. The van der Waals surface area contributed by atoms with E-state index in [1.165, 1.54) is 0 Å². The molecule has 48 heavy (non-hydrogen) atoms. The summed E-state index contributed by atoms with van der Waals surface area (Å²) < 4.78 is 174. The van der Waals surface area contributed by atoms with Gasteiger partial charge in [0.1, 0.15) is 28.2 Å². The molecule has 4 N–H and O–H groups in total. The predicted molar refractivity (Wildman–Crippen MR) is 127 cm³/mol. The Kier molecular flexibility index (Phi) is 9.31. The molecular weight excluding hydrogens is 700 g/mol. The zero-order valence-electron chi connectivity index (χ0n) is 22.2. The Balaban J connectivity index is 2.52. The Hall–Kier alpha value is -5.70. The van der Waals surface area contributed by atoms with Gasteiger partial charge >= 0.3 is 48.6 Å². The summed E-state index contributed by atoms with van der Waals surface area (Å²) in [6.45, 7) is 0. The maximum absolute atomic E-state index is 14.2. The summed E-state index contributed by atoms with van der Waals surface area (Å²) in [6, 6.07) is -0.841. The van der Waals surface area contributed by atoms with Crippen LogP contribution in [0.2, 0.25) is 0 Å². The first-order chi connectivity index (χ1) is 21.7. The van der Waals surface area contributed by atoms with Crippen molar-refractivity contribution in [3.8, 4) is 23.0 Å². The molecule has 3 rings (SSSR count). The van der Waals surface area contributed by atoms with Crippen molar-refractivity contribution < 1.29 is 102 Å². The largest absolute Gasteiger partial charge is 0.478 e. The number of carboxylic acids is 4. The van der Waals surface area contributed by atoms with Gasteiger partial charge in [-0.3, -0.25) is 0 Å². The van der Waals surface area contributed by atoms with Crippen LogP contribution in [0.3, 0.4) is 0 Å². The van der Waals surface area contributed by atoms with Crippen LogP contribution in [0.5, 0.6) is 23.0 Å². The number of hydrogen-bond acceptors (Lipinski definition) is 6. The van der Waals surface area contributed by atoms with Crippen LogP contribution in [0.25, 0.3) is 0 Å². The molecule has 0 radical (unpaired) electrons. The molecule has 0 spiro atoms. The highest BCUT2D eigenvalue weighted by molar-refractivity contribution is 6.06. The molecule has 0 aliphatic carbocycles. The summed E-state index contributed by atoms with van der Waals surface area (Å²) in [6.07, 6.45) is -23.4. The molecule has 0 aliphatic heterocycles. The smallest absolute Gasteiger partial charge is 0.420 e. The van der Waals surface area contributed by atoms with Gasteiger partial charge in [0.2, 0.25) is 0 Å². The van der Waals surface area contributed by atoms with Gasteiger partial charge in [-0.2, -0.15) is 52.7 Å². The second kappa shape index (κ2) is 12.2. The maximum Gasteiger partial charge on any atom is 0.420 e. The van der Waals surface area contributed by atoms with E-state index in [9.17, 15) is 92.3 Å². The normalized spacial score (nSPS) is 12.4. The van der Waals surface area contributed by atoms with E-state index >= 15 is 0 Å². The van der Waals surface area contributed by atoms with Crippen molar-refractivity contribution in [2.45, 2.75) is 24.7 Å².